The second-order valence-corrected chi connectivity index (χ2v) is 5.09. The van der Waals surface area contributed by atoms with Crippen LogP contribution in [0.3, 0.4) is 0 Å². The highest BCUT2D eigenvalue weighted by atomic mass is 32.2. The van der Waals surface area contributed by atoms with E-state index in [1.54, 1.807) is 4.31 Å². The molecule has 2 aromatic rings. The summed E-state index contributed by atoms with van der Waals surface area (Å²) in [5.74, 6) is 0. The van der Waals surface area contributed by atoms with Crippen molar-refractivity contribution >= 4 is 28.8 Å². The van der Waals surface area contributed by atoms with Crippen molar-refractivity contribution in [2.45, 2.75) is 18.7 Å². The van der Waals surface area contributed by atoms with Gasteiger partial charge in [0.1, 0.15) is 0 Å². The third-order valence-corrected chi connectivity index (χ3v) is 3.79. The minimum Gasteiger partial charge on any atom is -0.449 e. The molecule has 0 saturated heterocycles. The van der Waals surface area contributed by atoms with Crippen molar-refractivity contribution in [3.63, 3.8) is 0 Å². The number of carbonyl (C=O) groups excluding carboxylic acids is 1. The fourth-order valence-electron chi connectivity index (χ4n) is 1.78. The summed E-state index contributed by atoms with van der Waals surface area (Å²) in [6.07, 6.45) is -0.289. The van der Waals surface area contributed by atoms with E-state index in [2.05, 4.69) is 24.3 Å². The molecule has 0 saturated carbocycles. The summed E-state index contributed by atoms with van der Waals surface area (Å²) < 4.78 is 6.64. The predicted octanol–water partition coefficient (Wildman–Crippen LogP) is 4.33. The van der Waals surface area contributed by atoms with Gasteiger partial charge in [0, 0.05) is 11.4 Å². The first kappa shape index (κ1) is 13.7. The Morgan fingerprint density at radius 1 is 1.16 bits per heavy atom. The molecule has 0 N–H and O–H groups in total. The number of ether oxygens (including phenoxy) is 1. The summed E-state index contributed by atoms with van der Waals surface area (Å²) in [6.45, 7) is 4.75. The summed E-state index contributed by atoms with van der Waals surface area (Å²) in [4.78, 5) is 12.8. The Labute approximate surface area is 117 Å². The molecule has 0 aliphatic carbocycles. The molecule has 0 unspecified atom stereocenters. The normalized spacial score (nSPS) is 10.4. The van der Waals surface area contributed by atoms with Crippen LogP contribution in [0.4, 0.5) is 4.79 Å². The molecule has 100 valence electrons. The first-order valence-electron chi connectivity index (χ1n) is 6.35. The van der Waals surface area contributed by atoms with Gasteiger partial charge in [0.15, 0.2) is 0 Å². The van der Waals surface area contributed by atoms with E-state index < -0.39 is 0 Å². The number of amides is 1. The third-order valence-electron chi connectivity index (χ3n) is 2.70. The van der Waals surface area contributed by atoms with E-state index in [0.29, 0.717) is 13.2 Å². The lowest BCUT2D eigenvalue weighted by atomic mass is 10.1. The minimum absolute atomic E-state index is 0.289. The van der Waals surface area contributed by atoms with Crippen LogP contribution in [0.2, 0.25) is 0 Å². The summed E-state index contributed by atoms with van der Waals surface area (Å²) in [5, 5.41) is 2.37. The molecule has 0 spiro atoms. The lowest BCUT2D eigenvalue weighted by Gasteiger charge is -2.18. The highest BCUT2D eigenvalue weighted by molar-refractivity contribution is 7.97. The molecule has 0 aliphatic heterocycles. The molecule has 0 aromatic heterocycles. The lowest BCUT2D eigenvalue weighted by molar-refractivity contribution is 0.135. The number of nitrogens with zero attached hydrogens (tertiary/aromatic N) is 1. The zero-order chi connectivity index (χ0) is 13.7. The highest BCUT2D eigenvalue weighted by Gasteiger charge is 2.14. The first-order valence-corrected chi connectivity index (χ1v) is 7.13. The molecule has 2 rings (SSSR count). The van der Waals surface area contributed by atoms with Gasteiger partial charge in [-0.1, -0.05) is 30.3 Å². The van der Waals surface area contributed by atoms with Gasteiger partial charge in [-0.15, -0.1) is 0 Å². The standard InChI is InChI=1S/C15H17NO2S/c1-3-16(15(17)18-4-2)19-14-10-9-12-7-5-6-8-13(12)11-14/h5-11H,3-4H2,1-2H3. The molecular weight excluding hydrogens is 258 g/mol. The van der Waals surface area contributed by atoms with Crippen LogP contribution in [0.1, 0.15) is 13.8 Å². The summed E-state index contributed by atoms with van der Waals surface area (Å²) in [6, 6.07) is 14.4. The first-order chi connectivity index (χ1) is 9.24. The van der Waals surface area contributed by atoms with Crippen LogP contribution in [-0.4, -0.2) is 23.6 Å². The number of rotatable bonds is 4. The van der Waals surface area contributed by atoms with Gasteiger partial charge in [-0.25, -0.2) is 9.10 Å². The molecule has 2 aromatic carbocycles. The van der Waals surface area contributed by atoms with Crippen molar-refractivity contribution in [2.24, 2.45) is 0 Å². The summed E-state index contributed by atoms with van der Waals surface area (Å²) >= 11 is 1.41. The van der Waals surface area contributed by atoms with Crippen molar-refractivity contribution in [3.05, 3.63) is 42.5 Å². The van der Waals surface area contributed by atoms with Gasteiger partial charge in [-0.2, -0.15) is 0 Å². The number of fused-ring (bicyclic) bond motifs is 1. The average Bonchev–Trinajstić information content (AvgIpc) is 2.44. The third kappa shape index (κ3) is 3.41. The van der Waals surface area contributed by atoms with Crippen LogP contribution in [0, 0.1) is 0 Å². The molecule has 1 amide bonds. The molecule has 3 nitrogen and oxygen atoms in total. The quantitative estimate of drug-likeness (QED) is 0.778. The Morgan fingerprint density at radius 2 is 1.89 bits per heavy atom. The lowest BCUT2D eigenvalue weighted by Crippen LogP contribution is -2.24. The fourth-order valence-corrected chi connectivity index (χ4v) is 2.60. The van der Waals surface area contributed by atoms with Crippen LogP contribution in [-0.2, 0) is 4.74 Å². The van der Waals surface area contributed by atoms with E-state index in [-0.39, 0.29) is 6.09 Å². The smallest absolute Gasteiger partial charge is 0.420 e. The average molecular weight is 275 g/mol. The molecule has 0 aliphatic rings. The van der Waals surface area contributed by atoms with E-state index in [9.17, 15) is 4.79 Å². The van der Waals surface area contributed by atoms with Crippen molar-refractivity contribution in [1.82, 2.24) is 4.31 Å². The van der Waals surface area contributed by atoms with Gasteiger partial charge in [0.05, 0.1) is 6.61 Å². The number of hydrogen-bond donors (Lipinski definition) is 0. The number of carbonyl (C=O) groups is 1. The van der Waals surface area contributed by atoms with Gasteiger partial charge >= 0.3 is 6.09 Å². The summed E-state index contributed by atoms with van der Waals surface area (Å²) in [5.41, 5.74) is 0. The predicted molar refractivity (Wildman–Crippen MR) is 79.2 cm³/mol. The largest absolute Gasteiger partial charge is 0.449 e. The zero-order valence-electron chi connectivity index (χ0n) is 11.1. The van der Waals surface area contributed by atoms with E-state index in [1.165, 1.54) is 22.7 Å². The number of benzene rings is 2. The molecule has 0 radical (unpaired) electrons. The molecular formula is C15H17NO2S. The Bertz CT molecular complexity index is 571. The molecule has 19 heavy (non-hydrogen) atoms. The van der Waals surface area contributed by atoms with Crippen LogP contribution < -0.4 is 0 Å². The molecule has 0 bridgehead atoms. The van der Waals surface area contributed by atoms with E-state index in [4.69, 9.17) is 4.74 Å². The highest BCUT2D eigenvalue weighted by Crippen LogP contribution is 2.26. The maximum Gasteiger partial charge on any atom is 0.420 e. The Hall–Kier alpha value is -1.68. The maximum atomic E-state index is 11.7. The van der Waals surface area contributed by atoms with Crippen molar-refractivity contribution in [1.29, 1.82) is 0 Å². The van der Waals surface area contributed by atoms with Gasteiger partial charge in [0.2, 0.25) is 0 Å². The fraction of sp³-hybridized carbons (Fsp3) is 0.267. The second kappa shape index (κ2) is 6.48. The molecule has 0 atom stereocenters. The van der Waals surface area contributed by atoms with Crippen molar-refractivity contribution in [3.8, 4) is 0 Å². The second-order valence-electron chi connectivity index (χ2n) is 3.99. The SMILES string of the molecule is CCOC(=O)N(CC)Sc1ccc2ccccc2c1. The van der Waals surface area contributed by atoms with E-state index >= 15 is 0 Å². The molecule has 4 heteroatoms. The van der Waals surface area contributed by atoms with E-state index in [0.717, 1.165) is 4.90 Å². The van der Waals surface area contributed by atoms with Crippen molar-refractivity contribution in [2.75, 3.05) is 13.2 Å². The molecule has 0 heterocycles. The Morgan fingerprint density at radius 3 is 2.58 bits per heavy atom. The van der Waals surface area contributed by atoms with Gasteiger partial charge in [-0.3, -0.25) is 0 Å². The van der Waals surface area contributed by atoms with Crippen LogP contribution >= 0.6 is 11.9 Å². The van der Waals surface area contributed by atoms with Crippen molar-refractivity contribution < 1.29 is 9.53 Å². The van der Waals surface area contributed by atoms with Crippen LogP contribution in [0.25, 0.3) is 10.8 Å². The molecule has 0 fully saturated rings. The summed E-state index contributed by atoms with van der Waals surface area (Å²) in [7, 11) is 0. The topological polar surface area (TPSA) is 29.5 Å². The minimum atomic E-state index is -0.289. The van der Waals surface area contributed by atoms with Crippen LogP contribution in [0.5, 0.6) is 0 Å². The van der Waals surface area contributed by atoms with Gasteiger partial charge in [0.25, 0.3) is 0 Å². The zero-order valence-corrected chi connectivity index (χ0v) is 11.9. The Kier molecular flexibility index (Phi) is 4.68. The maximum absolute atomic E-state index is 11.7. The monoisotopic (exact) mass is 275 g/mol. The van der Waals surface area contributed by atoms with Crippen LogP contribution in [0.15, 0.2) is 47.4 Å². The van der Waals surface area contributed by atoms with E-state index in [1.807, 2.05) is 32.0 Å². The Balaban J connectivity index is 2.17. The van der Waals surface area contributed by atoms with Gasteiger partial charge < -0.3 is 4.74 Å². The number of hydrogen-bond acceptors (Lipinski definition) is 3. The van der Waals surface area contributed by atoms with Gasteiger partial charge in [-0.05, 0) is 48.7 Å².